The fraction of sp³-hybridized carbons (Fsp3) is 0.353. The first kappa shape index (κ1) is 17.5. The van der Waals surface area contributed by atoms with Crippen LogP contribution in [0.5, 0.6) is 5.75 Å². The van der Waals surface area contributed by atoms with E-state index in [1.807, 2.05) is 20.8 Å². The molecule has 0 bridgehead atoms. The second-order valence-corrected chi connectivity index (χ2v) is 5.81. The van der Waals surface area contributed by atoms with Crippen molar-refractivity contribution in [3.05, 3.63) is 47.3 Å². The number of aromatic nitrogens is 2. The van der Waals surface area contributed by atoms with E-state index in [2.05, 4.69) is 15.5 Å². The van der Waals surface area contributed by atoms with Gasteiger partial charge in [-0.15, -0.1) is 0 Å². The predicted octanol–water partition coefficient (Wildman–Crippen LogP) is 2.49. The summed E-state index contributed by atoms with van der Waals surface area (Å²) in [6.07, 6.45) is 0. The zero-order valence-corrected chi connectivity index (χ0v) is 13.9. The van der Waals surface area contributed by atoms with Gasteiger partial charge in [0.2, 0.25) is 0 Å². The molecule has 2 aromatic rings. The SMILES string of the molecule is CC(C)c1cc(C(=O)NC(C)c2ccc(OCC(=O)O)cc2)n[nH]1. The minimum absolute atomic E-state index is 0.217. The second kappa shape index (κ2) is 7.63. The quantitative estimate of drug-likeness (QED) is 0.723. The summed E-state index contributed by atoms with van der Waals surface area (Å²) in [6.45, 7) is 5.52. The topological polar surface area (TPSA) is 104 Å². The molecule has 0 spiro atoms. The summed E-state index contributed by atoms with van der Waals surface area (Å²) < 4.78 is 5.08. The molecule has 0 saturated carbocycles. The Bertz CT molecular complexity index is 707. The third-order valence-corrected chi connectivity index (χ3v) is 3.54. The highest BCUT2D eigenvalue weighted by molar-refractivity contribution is 5.92. The van der Waals surface area contributed by atoms with Crippen molar-refractivity contribution in [1.29, 1.82) is 0 Å². The Morgan fingerprint density at radius 2 is 1.92 bits per heavy atom. The average Bonchev–Trinajstić information content (AvgIpc) is 3.03. The number of ether oxygens (including phenoxy) is 1. The molecule has 0 fully saturated rings. The Labute approximate surface area is 140 Å². The lowest BCUT2D eigenvalue weighted by atomic mass is 10.1. The van der Waals surface area contributed by atoms with Crippen molar-refractivity contribution in [2.24, 2.45) is 0 Å². The van der Waals surface area contributed by atoms with Crippen molar-refractivity contribution in [1.82, 2.24) is 15.5 Å². The van der Waals surface area contributed by atoms with Gasteiger partial charge in [-0.25, -0.2) is 4.79 Å². The molecule has 0 radical (unpaired) electrons. The van der Waals surface area contributed by atoms with Crippen LogP contribution in [0.2, 0.25) is 0 Å². The maximum atomic E-state index is 12.2. The number of amides is 1. The first-order chi connectivity index (χ1) is 11.4. The summed E-state index contributed by atoms with van der Waals surface area (Å²) >= 11 is 0. The summed E-state index contributed by atoms with van der Waals surface area (Å²) in [7, 11) is 0. The lowest BCUT2D eigenvalue weighted by Gasteiger charge is -2.14. The third kappa shape index (κ3) is 4.58. The van der Waals surface area contributed by atoms with Gasteiger partial charge < -0.3 is 15.2 Å². The fourth-order valence-corrected chi connectivity index (χ4v) is 2.10. The Morgan fingerprint density at radius 1 is 1.25 bits per heavy atom. The average molecular weight is 331 g/mol. The fourth-order valence-electron chi connectivity index (χ4n) is 2.10. The van der Waals surface area contributed by atoms with Crippen molar-refractivity contribution in [2.45, 2.75) is 32.7 Å². The first-order valence-electron chi connectivity index (χ1n) is 7.67. The van der Waals surface area contributed by atoms with E-state index in [9.17, 15) is 9.59 Å². The summed E-state index contributed by atoms with van der Waals surface area (Å²) in [4.78, 5) is 22.7. The van der Waals surface area contributed by atoms with E-state index in [1.54, 1.807) is 30.3 Å². The second-order valence-electron chi connectivity index (χ2n) is 5.81. The van der Waals surface area contributed by atoms with Gasteiger partial charge in [-0.3, -0.25) is 9.89 Å². The minimum atomic E-state index is -1.03. The number of carboxylic acid groups (broad SMARTS) is 1. The van der Waals surface area contributed by atoms with E-state index in [-0.39, 0.29) is 24.5 Å². The molecule has 0 aliphatic heterocycles. The molecule has 2 rings (SSSR count). The number of aliphatic carboxylic acids is 1. The number of carbonyl (C=O) groups excluding carboxylic acids is 1. The molecule has 1 atom stereocenters. The Hall–Kier alpha value is -2.83. The first-order valence-corrected chi connectivity index (χ1v) is 7.67. The molecule has 0 saturated heterocycles. The predicted molar refractivity (Wildman–Crippen MR) is 88.1 cm³/mol. The van der Waals surface area contributed by atoms with Crippen LogP contribution >= 0.6 is 0 Å². The standard InChI is InChI=1S/C17H21N3O4/c1-10(2)14-8-15(20-19-14)17(23)18-11(3)12-4-6-13(7-5-12)24-9-16(21)22/h4-8,10-11H,9H2,1-3H3,(H,18,23)(H,19,20)(H,21,22). The Kier molecular flexibility index (Phi) is 5.57. The molecule has 1 amide bonds. The van der Waals surface area contributed by atoms with Crippen molar-refractivity contribution in [3.63, 3.8) is 0 Å². The van der Waals surface area contributed by atoms with E-state index < -0.39 is 5.97 Å². The van der Waals surface area contributed by atoms with Crippen molar-refractivity contribution in [3.8, 4) is 5.75 Å². The maximum Gasteiger partial charge on any atom is 0.341 e. The number of carbonyl (C=O) groups is 2. The highest BCUT2D eigenvalue weighted by Gasteiger charge is 2.15. The molecule has 1 unspecified atom stereocenters. The van der Waals surface area contributed by atoms with Gasteiger partial charge in [0.25, 0.3) is 5.91 Å². The summed E-state index contributed by atoms with van der Waals surface area (Å²) in [5.41, 5.74) is 2.14. The van der Waals surface area contributed by atoms with Crippen molar-refractivity contribution < 1.29 is 19.4 Å². The highest BCUT2D eigenvalue weighted by Crippen LogP contribution is 2.18. The molecule has 0 aliphatic carbocycles. The molecule has 1 aromatic carbocycles. The smallest absolute Gasteiger partial charge is 0.341 e. The molecule has 128 valence electrons. The van der Waals surface area contributed by atoms with Gasteiger partial charge in [0, 0.05) is 5.69 Å². The van der Waals surface area contributed by atoms with Gasteiger partial charge in [0.15, 0.2) is 6.61 Å². The molecule has 1 aromatic heterocycles. The largest absolute Gasteiger partial charge is 0.482 e. The van der Waals surface area contributed by atoms with Gasteiger partial charge in [0.1, 0.15) is 11.4 Å². The van der Waals surface area contributed by atoms with Gasteiger partial charge in [0.05, 0.1) is 6.04 Å². The van der Waals surface area contributed by atoms with E-state index in [0.717, 1.165) is 11.3 Å². The van der Waals surface area contributed by atoms with E-state index in [0.29, 0.717) is 11.4 Å². The van der Waals surface area contributed by atoms with E-state index in [1.165, 1.54) is 0 Å². The summed E-state index contributed by atoms with van der Waals surface area (Å²) in [6, 6.07) is 8.44. The number of aromatic amines is 1. The van der Waals surface area contributed by atoms with Gasteiger partial charge in [-0.05, 0) is 36.6 Å². The minimum Gasteiger partial charge on any atom is -0.482 e. The van der Waals surface area contributed by atoms with Crippen molar-refractivity contribution >= 4 is 11.9 Å². The number of rotatable bonds is 7. The molecule has 1 heterocycles. The van der Waals surface area contributed by atoms with Crippen LogP contribution in [0.3, 0.4) is 0 Å². The van der Waals surface area contributed by atoms with Crippen LogP contribution in [0, 0.1) is 0 Å². The molecule has 7 nitrogen and oxygen atoms in total. The summed E-state index contributed by atoms with van der Waals surface area (Å²) in [5, 5.41) is 18.3. The molecule has 7 heteroatoms. The normalized spacial score (nSPS) is 12.0. The molecule has 0 aliphatic rings. The van der Waals surface area contributed by atoms with Gasteiger partial charge in [-0.2, -0.15) is 5.10 Å². The number of hydrogen-bond donors (Lipinski definition) is 3. The lowest BCUT2D eigenvalue weighted by Crippen LogP contribution is -2.26. The number of carboxylic acids is 1. The van der Waals surface area contributed by atoms with Crippen LogP contribution in [0.15, 0.2) is 30.3 Å². The lowest BCUT2D eigenvalue weighted by molar-refractivity contribution is -0.139. The zero-order chi connectivity index (χ0) is 17.7. The van der Waals surface area contributed by atoms with Crippen LogP contribution in [-0.2, 0) is 4.79 Å². The third-order valence-electron chi connectivity index (χ3n) is 3.54. The Morgan fingerprint density at radius 3 is 2.46 bits per heavy atom. The van der Waals surface area contributed by atoms with Gasteiger partial charge >= 0.3 is 5.97 Å². The van der Waals surface area contributed by atoms with Crippen molar-refractivity contribution in [2.75, 3.05) is 6.61 Å². The van der Waals surface area contributed by atoms with E-state index in [4.69, 9.17) is 9.84 Å². The van der Waals surface area contributed by atoms with Crippen LogP contribution in [0.1, 0.15) is 54.5 Å². The van der Waals surface area contributed by atoms with Crippen LogP contribution in [0.25, 0.3) is 0 Å². The molecular weight excluding hydrogens is 310 g/mol. The highest BCUT2D eigenvalue weighted by atomic mass is 16.5. The number of hydrogen-bond acceptors (Lipinski definition) is 4. The summed E-state index contributed by atoms with van der Waals surface area (Å²) in [5.74, 6) is -0.542. The van der Waals surface area contributed by atoms with E-state index >= 15 is 0 Å². The van der Waals surface area contributed by atoms with Crippen LogP contribution in [0.4, 0.5) is 0 Å². The molecule has 24 heavy (non-hydrogen) atoms. The maximum absolute atomic E-state index is 12.2. The molecular formula is C17H21N3O4. The van der Waals surface area contributed by atoms with Crippen LogP contribution in [-0.4, -0.2) is 33.8 Å². The number of H-pyrrole nitrogens is 1. The Balaban J connectivity index is 1.96. The monoisotopic (exact) mass is 331 g/mol. The zero-order valence-electron chi connectivity index (χ0n) is 13.9. The van der Waals surface area contributed by atoms with Gasteiger partial charge in [-0.1, -0.05) is 26.0 Å². The molecule has 3 N–H and O–H groups in total. The number of benzene rings is 1. The number of nitrogens with zero attached hydrogens (tertiary/aromatic N) is 1. The number of nitrogens with one attached hydrogen (secondary N) is 2. The van der Waals surface area contributed by atoms with Crippen LogP contribution < -0.4 is 10.1 Å².